The van der Waals surface area contributed by atoms with Crippen LogP contribution in [0.4, 0.5) is 0 Å². The Balaban J connectivity index is 2.66. The van der Waals surface area contributed by atoms with Crippen molar-refractivity contribution >= 4 is 23.2 Å². The van der Waals surface area contributed by atoms with E-state index in [-0.39, 0.29) is 6.54 Å². The number of carbonyl (C=O) groups is 2. The van der Waals surface area contributed by atoms with Crippen molar-refractivity contribution in [2.24, 2.45) is 5.73 Å². The van der Waals surface area contributed by atoms with Crippen LogP contribution in [0.15, 0.2) is 17.5 Å². The maximum atomic E-state index is 10.8. The minimum Gasteiger partial charge on any atom is -0.480 e. The number of primary amides is 1. The summed E-state index contributed by atoms with van der Waals surface area (Å²) < 4.78 is 0. The highest BCUT2D eigenvalue weighted by molar-refractivity contribution is 7.10. The molecular weight excluding hydrogens is 204 g/mol. The Kier molecular flexibility index (Phi) is 3.61. The molecule has 1 atom stereocenters. The van der Waals surface area contributed by atoms with Crippen LogP contribution < -0.4 is 11.1 Å². The van der Waals surface area contributed by atoms with Gasteiger partial charge in [0.05, 0.1) is 6.54 Å². The molecule has 0 aromatic carbocycles. The summed E-state index contributed by atoms with van der Waals surface area (Å²) in [5.41, 5.74) is 4.90. The highest BCUT2D eigenvalue weighted by Crippen LogP contribution is 2.18. The van der Waals surface area contributed by atoms with Crippen molar-refractivity contribution in [3.63, 3.8) is 0 Å². The molecule has 1 rings (SSSR count). The number of carbonyl (C=O) groups excluding carboxylic acids is 1. The van der Waals surface area contributed by atoms with Crippen LogP contribution in [0.1, 0.15) is 10.9 Å². The highest BCUT2D eigenvalue weighted by Gasteiger charge is 2.20. The number of hydrogen-bond donors (Lipinski definition) is 3. The van der Waals surface area contributed by atoms with Crippen LogP contribution in [0, 0.1) is 0 Å². The second kappa shape index (κ2) is 4.73. The van der Waals surface area contributed by atoms with Gasteiger partial charge in [-0.05, 0) is 11.4 Å². The quantitative estimate of drug-likeness (QED) is 0.640. The first-order chi connectivity index (χ1) is 6.61. The van der Waals surface area contributed by atoms with Crippen molar-refractivity contribution in [2.75, 3.05) is 6.54 Å². The Bertz CT molecular complexity index is 323. The first-order valence-corrected chi connectivity index (χ1v) is 4.77. The molecule has 1 aromatic rings. The minimum atomic E-state index is -1.02. The smallest absolute Gasteiger partial charge is 0.326 e. The molecule has 6 heteroatoms. The van der Waals surface area contributed by atoms with E-state index >= 15 is 0 Å². The molecule has 0 saturated carbocycles. The Morgan fingerprint density at radius 2 is 2.36 bits per heavy atom. The third kappa shape index (κ3) is 2.82. The lowest BCUT2D eigenvalue weighted by Crippen LogP contribution is -2.35. The van der Waals surface area contributed by atoms with E-state index in [0.29, 0.717) is 4.88 Å². The van der Waals surface area contributed by atoms with Gasteiger partial charge in [-0.25, -0.2) is 0 Å². The fraction of sp³-hybridized carbons (Fsp3) is 0.250. The third-order valence-electron chi connectivity index (χ3n) is 1.56. The van der Waals surface area contributed by atoms with Crippen LogP contribution in [0.2, 0.25) is 0 Å². The number of aliphatic carboxylic acids is 1. The van der Waals surface area contributed by atoms with E-state index < -0.39 is 17.9 Å². The molecule has 0 fully saturated rings. The van der Waals surface area contributed by atoms with E-state index in [0.717, 1.165) is 0 Å². The predicted octanol–water partition coefficient (Wildman–Crippen LogP) is -0.0513. The summed E-state index contributed by atoms with van der Waals surface area (Å²) in [5.74, 6) is -1.60. The van der Waals surface area contributed by atoms with Crippen LogP contribution in [0.3, 0.4) is 0 Å². The van der Waals surface area contributed by atoms with E-state index in [1.165, 1.54) is 11.3 Å². The second-order valence-electron chi connectivity index (χ2n) is 2.63. The Labute approximate surface area is 84.5 Å². The molecule has 4 N–H and O–H groups in total. The lowest BCUT2D eigenvalue weighted by molar-refractivity contribution is -0.139. The zero-order chi connectivity index (χ0) is 10.6. The molecule has 1 unspecified atom stereocenters. The van der Waals surface area contributed by atoms with E-state index in [2.05, 4.69) is 5.32 Å². The summed E-state index contributed by atoms with van der Waals surface area (Å²) in [6.45, 7) is -0.144. The molecule has 0 bridgehead atoms. The summed E-state index contributed by atoms with van der Waals surface area (Å²) >= 11 is 1.32. The summed E-state index contributed by atoms with van der Waals surface area (Å²) in [6.07, 6.45) is 0. The Hall–Kier alpha value is -1.40. The van der Waals surface area contributed by atoms with E-state index in [9.17, 15) is 9.59 Å². The summed E-state index contributed by atoms with van der Waals surface area (Å²) in [4.78, 5) is 21.9. The Morgan fingerprint density at radius 1 is 1.64 bits per heavy atom. The molecule has 0 aliphatic rings. The molecule has 0 saturated heterocycles. The van der Waals surface area contributed by atoms with Crippen molar-refractivity contribution in [1.82, 2.24) is 5.32 Å². The standard InChI is InChI=1S/C8H10N2O3S/c9-6(11)4-10-7(8(12)13)5-2-1-3-14-5/h1-3,7,10H,4H2,(H2,9,11)(H,12,13). The second-order valence-corrected chi connectivity index (χ2v) is 3.61. The minimum absolute atomic E-state index is 0.144. The maximum Gasteiger partial charge on any atom is 0.326 e. The van der Waals surface area contributed by atoms with Crippen molar-refractivity contribution in [3.8, 4) is 0 Å². The topological polar surface area (TPSA) is 92.4 Å². The van der Waals surface area contributed by atoms with Gasteiger partial charge < -0.3 is 10.8 Å². The fourth-order valence-electron chi connectivity index (χ4n) is 0.968. The maximum absolute atomic E-state index is 10.8. The van der Waals surface area contributed by atoms with Crippen molar-refractivity contribution in [1.29, 1.82) is 0 Å². The molecule has 0 spiro atoms. The van der Waals surface area contributed by atoms with Crippen LogP contribution >= 0.6 is 11.3 Å². The van der Waals surface area contributed by atoms with Gasteiger partial charge in [0, 0.05) is 4.88 Å². The molecule has 1 heterocycles. The highest BCUT2D eigenvalue weighted by atomic mass is 32.1. The van der Waals surface area contributed by atoms with Gasteiger partial charge in [-0.1, -0.05) is 6.07 Å². The van der Waals surface area contributed by atoms with Crippen molar-refractivity contribution in [2.45, 2.75) is 6.04 Å². The van der Waals surface area contributed by atoms with Crippen LogP contribution in [-0.2, 0) is 9.59 Å². The molecule has 1 aromatic heterocycles. The number of rotatable bonds is 5. The summed E-state index contributed by atoms with van der Waals surface area (Å²) in [5, 5.41) is 13.2. The SMILES string of the molecule is NC(=O)CNC(C(=O)O)c1cccs1. The normalized spacial score (nSPS) is 12.3. The predicted molar refractivity (Wildman–Crippen MR) is 51.9 cm³/mol. The summed E-state index contributed by atoms with van der Waals surface area (Å²) in [6, 6.07) is 2.58. The molecule has 0 radical (unpaired) electrons. The first kappa shape index (κ1) is 10.7. The molecule has 76 valence electrons. The monoisotopic (exact) mass is 214 g/mol. The van der Waals surface area contributed by atoms with Crippen molar-refractivity contribution in [3.05, 3.63) is 22.4 Å². The third-order valence-corrected chi connectivity index (χ3v) is 2.49. The molecule has 0 aliphatic heterocycles. The first-order valence-electron chi connectivity index (χ1n) is 3.89. The number of carboxylic acid groups (broad SMARTS) is 1. The molecule has 1 amide bonds. The lowest BCUT2D eigenvalue weighted by Gasteiger charge is -2.10. The van der Waals surface area contributed by atoms with Gasteiger partial charge in [0.1, 0.15) is 6.04 Å². The van der Waals surface area contributed by atoms with Gasteiger partial charge >= 0.3 is 5.97 Å². The molecular formula is C8H10N2O3S. The van der Waals surface area contributed by atoms with Gasteiger partial charge in [0.2, 0.25) is 5.91 Å². The number of amides is 1. The lowest BCUT2D eigenvalue weighted by atomic mass is 10.2. The van der Waals surface area contributed by atoms with Crippen molar-refractivity contribution < 1.29 is 14.7 Å². The van der Waals surface area contributed by atoms with Gasteiger partial charge in [-0.2, -0.15) is 0 Å². The number of thiophene rings is 1. The number of carboxylic acids is 1. The Morgan fingerprint density at radius 3 is 2.79 bits per heavy atom. The average molecular weight is 214 g/mol. The summed E-state index contributed by atoms with van der Waals surface area (Å²) in [7, 11) is 0. The van der Waals surface area contributed by atoms with Crippen LogP contribution in [0.25, 0.3) is 0 Å². The van der Waals surface area contributed by atoms with E-state index in [1.807, 2.05) is 0 Å². The van der Waals surface area contributed by atoms with E-state index in [4.69, 9.17) is 10.8 Å². The zero-order valence-electron chi connectivity index (χ0n) is 7.27. The number of hydrogen-bond acceptors (Lipinski definition) is 4. The molecule has 14 heavy (non-hydrogen) atoms. The largest absolute Gasteiger partial charge is 0.480 e. The zero-order valence-corrected chi connectivity index (χ0v) is 8.08. The number of nitrogens with one attached hydrogen (secondary N) is 1. The van der Waals surface area contributed by atoms with Gasteiger partial charge in [-0.15, -0.1) is 11.3 Å². The van der Waals surface area contributed by atoms with Crippen LogP contribution in [0.5, 0.6) is 0 Å². The van der Waals surface area contributed by atoms with Crippen LogP contribution in [-0.4, -0.2) is 23.5 Å². The fourth-order valence-corrected chi connectivity index (χ4v) is 1.76. The number of nitrogens with two attached hydrogens (primary N) is 1. The van der Waals surface area contributed by atoms with E-state index in [1.54, 1.807) is 17.5 Å². The van der Waals surface area contributed by atoms with Gasteiger partial charge in [0.25, 0.3) is 0 Å². The van der Waals surface area contributed by atoms with Gasteiger partial charge in [-0.3, -0.25) is 14.9 Å². The molecule has 0 aliphatic carbocycles. The average Bonchev–Trinajstić information content (AvgIpc) is 2.56. The molecule has 5 nitrogen and oxygen atoms in total. The van der Waals surface area contributed by atoms with Gasteiger partial charge in [0.15, 0.2) is 0 Å².